The monoisotopic (exact) mass is 344 g/mol. The summed E-state index contributed by atoms with van der Waals surface area (Å²) in [4.78, 5) is 17.8. The highest BCUT2D eigenvalue weighted by Gasteiger charge is 2.15. The van der Waals surface area contributed by atoms with Crippen LogP contribution in [0.2, 0.25) is 0 Å². The molecule has 0 fully saturated rings. The molecule has 0 aliphatic heterocycles. The van der Waals surface area contributed by atoms with Crippen LogP contribution < -0.4 is 0 Å². The first-order valence-electron chi connectivity index (χ1n) is 8.07. The summed E-state index contributed by atoms with van der Waals surface area (Å²) in [5, 5.41) is 0.841. The summed E-state index contributed by atoms with van der Waals surface area (Å²) in [5.74, 6) is 0.0760. The first-order valence-corrected chi connectivity index (χ1v) is 8.07. The fraction of sp³-hybridized carbons (Fsp3) is 0.0526. The Morgan fingerprint density at radius 1 is 1.04 bits per heavy atom. The molecule has 0 spiro atoms. The third kappa shape index (κ3) is 2.17. The maximum absolute atomic E-state index is 13.7. The molecule has 5 rings (SSSR count). The number of hydrogen-bond acceptors (Lipinski definition) is 4. The van der Waals surface area contributed by atoms with E-state index >= 15 is 0 Å². The standard InChI is InChI=1S/C19H13FN6/c1-25-7-6-14-17(12-8-13(20)10-21-9-12)23-19(24-18(14)25)26-11-22-15-4-2-3-5-16(15)26/h2-11H,1H3. The lowest BCUT2D eigenvalue weighted by molar-refractivity contribution is 0.622. The van der Waals surface area contributed by atoms with Gasteiger partial charge in [0.15, 0.2) is 0 Å². The van der Waals surface area contributed by atoms with Crippen molar-refractivity contribution < 1.29 is 4.39 Å². The van der Waals surface area contributed by atoms with Gasteiger partial charge >= 0.3 is 0 Å². The lowest BCUT2D eigenvalue weighted by Crippen LogP contribution is -2.03. The molecule has 0 N–H and O–H groups in total. The van der Waals surface area contributed by atoms with Gasteiger partial charge in [0.1, 0.15) is 17.8 Å². The largest absolute Gasteiger partial charge is 0.335 e. The number of para-hydroxylation sites is 2. The van der Waals surface area contributed by atoms with Gasteiger partial charge in [-0.1, -0.05) is 12.1 Å². The van der Waals surface area contributed by atoms with Crippen LogP contribution in [0, 0.1) is 5.82 Å². The van der Waals surface area contributed by atoms with E-state index in [0.29, 0.717) is 17.2 Å². The molecule has 126 valence electrons. The minimum absolute atomic E-state index is 0.403. The number of aromatic nitrogens is 6. The fourth-order valence-corrected chi connectivity index (χ4v) is 3.11. The topological polar surface area (TPSA) is 61.4 Å². The molecule has 6 nitrogen and oxygen atoms in total. The Bertz CT molecular complexity index is 1270. The van der Waals surface area contributed by atoms with Crippen LogP contribution in [0.4, 0.5) is 4.39 Å². The molecule has 7 heteroatoms. The summed E-state index contributed by atoms with van der Waals surface area (Å²) in [7, 11) is 1.92. The third-order valence-corrected chi connectivity index (χ3v) is 4.36. The summed E-state index contributed by atoms with van der Waals surface area (Å²) in [5.41, 5.74) is 3.76. The van der Waals surface area contributed by atoms with E-state index in [0.717, 1.165) is 22.1 Å². The molecule has 0 saturated carbocycles. The number of hydrogen-bond donors (Lipinski definition) is 0. The predicted molar refractivity (Wildman–Crippen MR) is 96.3 cm³/mol. The number of halogens is 1. The average Bonchev–Trinajstić information content (AvgIpc) is 3.25. The molecule has 0 saturated heterocycles. The molecule has 0 aliphatic carbocycles. The van der Waals surface area contributed by atoms with E-state index in [1.807, 2.05) is 52.7 Å². The summed E-state index contributed by atoms with van der Waals surface area (Å²) in [6.07, 6.45) is 6.39. The average molecular weight is 344 g/mol. The van der Waals surface area contributed by atoms with Crippen molar-refractivity contribution in [1.29, 1.82) is 0 Å². The van der Waals surface area contributed by atoms with E-state index in [1.165, 1.54) is 12.3 Å². The molecule has 1 aromatic carbocycles. The van der Waals surface area contributed by atoms with Crippen LogP contribution >= 0.6 is 0 Å². The Hall–Kier alpha value is -3.61. The van der Waals surface area contributed by atoms with Crippen molar-refractivity contribution in [2.45, 2.75) is 0 Å². The van der Waals surface area contributed by atoms with E-state index in [2.05, 4.69) is 9.97 Å². The van der Waals surface area contributed by atoms with Crippen molar-refractivity contribution in [1.82, 2.24) is 29.1 Å². The van der Waals surface area contributed by atoms with E-state index in [4.69, 9.17) is 9.97 Å². The summed E-state index contributed by atoms with van der Waals surface area (Å²) < 4.78 is 17.5. The van der Waals surface area contributed by atoms with Gasteiger partial charge in [-0.25, -0.2) is 14.4 Å². The zero-order valence-electron chi connectivity index (χ0n) is 13.8. The van der Waals surface area contributed by atoms with Crippen LogP contribution in [-0.4, -0.2) is 29.1 Å². The molecule has 5 aromatic rings. The second-order valence-corrected chi connectivity index (χ2v) is 6.03. The first-order chi connectivity index (χ1) is 12.7. The fourth-order valence-electron chi connectivity index (χ4n) is 3.11. The second-order valence-electron chi connectivity index (χ2n) is 6.03. The number of benzene rings is 1. The van der Waals surface area contributed by atoms with Crippen LogP contribution in [0.1, 0.15) is 0 Å². The van der Waals surface area contributed by atoms with Crippen molar-refractivity contribution in [3.8, 4) is 17.2 Å². The third-order valence-electron chi connectivity index (χ3n) is 4.36. The van der Waals surface area contributed by atoms with E-state index < -0.39 is 5.82 Å². The molecule has 0 aliphatic rings. The van der Waals surface area contributed by atoms with E-state index in [1.54, 1.807) is 12.5 Å². The normalized spacial score (nSPS) is 11.5. The Labute approximate surface area is 147 Å². The molecule has 0 amide bonds. The number of pyridine rings is 1. The lowest BCUT2D eigenvalue weighted by Gasteiger charge is -2.08. The van der Waals surface area contributed by atoms with E-state index in [-0.39, 0.29) is 0 Å². The zero-order valence-corrected chi connectivity index (χ0v) is 13.8. The number of rotatable bonds is 2. The first kappa shape index (κ1) is 14.7. The quantitative estimate of drug-likeness (QED) is 0.492. The predicted octanol–water partition coefficient (Wildman–Crippen LogP) is 3.51. The van der Waals surface area contributed by atoms with Gasteiger partial charge in [-0.2, -0.15) is 4.98 Å². The number of fused-ring (bicyclic) bond motifs is 2. The van der Waals surface area contributed by atoms with Gasteiger partial charge in [0.2, 0.25) is 5.95 Å². The van der Waals surface area contributed by atoms with Gasteiger partial charge in [-0.3, -0.25) is 9.55 Å². The van der Waals surface area contributed by atoms with Gasteiger partial charge in [0, 0.05) is 30.4 Å². The SMILES string of the molecule is Cn1ccc2c(-c3cncc(F)c3)nc(-n3cnc4ccccc43)nc21. The van der Waals surface area contributed by atoms with Crippen molar-refractivity contribution >= 4 is 22.1 Å². The van der Waals surface area contributed by atoms with Crippen LogP contribution in [0.15, 0.2) is 61.3 Å². The molecule has 4 aromatic heterocycles. The Kier molecular flexibility index (Phi) is 3.08. The molecule has 0 bridgehead atoms. The maximum Gasteiger partial charge on any atom is 0.238 e. The lowest BCUT2D eigenvalue weighted by atomic mass is 10.1. The Morgan fingerprint density at radius 3 is 2.81 bits per heavy atom. The van der Waals surface area contributed by atoms with Gasteiger partial charge in [0.25, 0.3) is 0 Å². The van der Waals surface area contributed by atoms with Crippen molar-refractivity contribution in [2.75, 3.05) is 0 Å². The smallest absolute Gasteiger partial charge is 0.238 e. The van der Waals surface area contributed by atoms with Crippen molar-refractivity contribution in [2.24, 2.45) is 7.05 Å². The van der Waals surface area contributed by atoms with Crippen LogP contribution in [0.3, 0.4) is 0 Å². The Balaban J connectivity index is 1.83. The van der Waals surface area contributed by atoms with Crippen molar-refractivity contribution in [3.63, 3.8) is 0 Å². The molecule has 0 radical (unpaired) electrons. The zero-order chi connectivity index (χ0) is 17.7. The van der Waals surface area contributed by atoms with Crippen LogP contribution in [-0.2, 0) is 7.05 Å². The summed E-state index contributed by atoms with van der Waals surface area (Å²) >= 11 is 0. The molecule has 0 unspecified atom stereocenters. The second kappa shape index (κ2) is 5.45. The van der Waals surface area contributed by atoms with Crippen molar-refractivity contribution in [3.05, 3.63) is 67.1 Å². The van der Waals surface area contributed by atoms with Crippen LogP contribution in [0.5, 0.6) is 0 Å². The van der Waals surface area contributed by atoms with Gasteiger partial charge < -0.3 is 4.57 Å². The van der Waals surface area contributed by atoms with Crippen LogP contribution in [0.25, 0.3) is 39.3 Å². The number of imidazole rings is 1. The molecule has 4 heterocycles. The minimum atomic E-state index is -0.403. The highest BCUT2D eigenvalue weighted by atomic mass is 19.1. The number of aryl methyl sites for hydroxylation is 1. The molecule has 0 atom stereocenters. The van der Waals surface area contributed by atoms with Gasteiger partial charge in [-0.15, -0.1) is 0 Å². The van der Waals surface area contributed by atoms with Gasteiger partial charge in [0.05, 0.1) is 22.9 Å². The highest BCUT2D eigenvalue weighted by Crippen LogP contribution is 2.28. The van der Waals surface area contributed by atoms with E-state index in [9.17, 15) is 4.39 Å². The Morgan fingerprint density at radius 2 is 1.92 bits per heavy atom. The maximum atomic E-state index is 13.7. The number of nitrogens with zero attached hydrogens (tertiary/aromatic N) is 6. The summed E-state index contributed by atoms with van der Waals surface area (Å²) in [6.45, 7) is 0. The van der Waals surface area contributed by atoms with Gasteiger partial charge in [-0.05, 0) is 24.3 Å². The minimum Gasteiger partial charge on any atom is -0.335 e. The highest BCUT2D eigenvalue weighted by molar-refractivity contribution is 5.91. The molecular weight excluding hydrogens is 331 g/mol. The molecular formula is C19H13FN6. The summed E-state index contributed by atoms with van der Waals surface area (Å²) in [6, 6.07) is 11.1. The molecule has 26 heavy (non-hydrogen) atoms.